The first kappa shape index (κ1) is 14.7. The van der Waals surface area contributed by atoms with Crippen LogP contribution in [0.1, 0.15) is 0 Å². The quantitative estimate of drug-likeness (QED) is 0.443. The Hall–Kier alpha value is -1.28. The summed E-state index contributed by atoms with van der Waals surface area (Å²) in [6.07, 6.45) is 0. The highest BCUT2D eigenvalue weighted by molar-refractivity contribution is 7.43. The van der Waals surface area contributed by atoms with Gasteiger partial charge in [-0.05, 0) is 0 Å². The first-order chi connectivity index (χ1) is 7.53. The molecule has 0 aromatic rings. The topological polar surface area (TPSA) is 157 Å². The molecule has 16 heavy (non-hydrogen) atoms. The predicted octanol–water partition coefficient (Wildman–Crippen LogP) is -2.28. The van der Waals surface area contributed by atoms with E-state index in [2.05, 4.69) is 13.6 Å². The lowest BCUT2D eigenvalue weighted by Gasteiger charge is -2.13. The lowest BCUT2D eigenvalue weighted by Crippen LogP contribution is -2.22. The van der Waals surface area contributed by atoms with Crippen molar-refractivity contribution in [3.8, 4) is 0 Å². The van der Waals surface area contributed by atoms with Gasteiger partial charge in [0.1, 0.15) is 0 Å². The zero-order chi connectivity index (χ0) is 12.6. The van der Waals surface area contributed by atoms with E-state index in [-0.39, 0.29) is 0 Å². The Morgan fingerprint density at radius 3 is 1.19 bits per heavy atom. The molecular weight excluding hydrogens is 241 g/mol. The Kier molecular flexibility index (Phi) is 7.31. The van der Waals surface area contributed by atoms with Crippen molar-refractivity contribution in [3.63, 3.8) is 0 Å². The smallest absolute Gasteiger partial charge is 0.374 e. The Balaban J connectivity index is 4.31. The third kappa shape index (κ3) is 6.25. The first-order valence-corrected chi connectivity index (χ1v) is 5.15. The minimum Gasteiger partial charge on any atom is -0.374 e. The summed E-state index contributed by atoms with van der Waals surface area (Å²) in [6.45, 7) is -1.34. The van der Waals surface area contributed by atoms with E-state index in [0.29, 0.717) is 0 Å². The second-order valence-corrected chi connectivity index (χ2v) is 3.22. The molecule has 0 aromatic heterocycles. The lowest BCUT2D eigenvalue weighted by molar-refractivity contribution is -0.140. The van der Waals surface area contributed by atoms with Gasteiger partial charge in [0, 0.05) is 0 Å². The third-order valence-corrected chi connectivity index (χ3v) is 2.09. The normalized spacial score (nSPS) is 9.75. The van der Waals surface area contributed by atoms with Gasteiger partial charge in [-0.2, -0.15) is 0 Å². The van der Waals surface area contributed by atoms with Crippen molar-refractivity contribution < 1.29 is 28.0 Å². The molecule has 0 saturated heterocycles. The number of hydrogen-bond acceptors (Lipinski definition) is 9. The number of hydrogen-bond donors (Lipinski definition) is 3. The van der Waals surface area contributed by atoms with Gasteiger partial charge in [0.25, 0.3) is 0 Å². The summed E-state index contributed by atoms with van der Waals surface area (Å²) in [5.41, 5.74) is 14.9. The fourth-order valence-corrected chi connectivity index (χ4v) is 1.25. The number of rotatable bonds is 6. The highest BCUT2D eigenvalue weighted by Crippen LogP contribution is 2.39. The fraction of sp³-hybridized carbons (Fsp3) is 0.500. The van der Waals surface area contributed by atoms with Crippen LogP contribution in [0.4, 0.5) is 0 Å². The highest BCUT2D eigenvalue weighted by atomic mass is 31.2. The van der Waals surface area contributed by atoms with E-state index in [4.69, 9.17) is 17.2 Å². The Morgan fingerprint density at radius 2 is 1.00 bits per heavy atom. The van der Waals surface area contributed by atoms with E-state index >= 15 is 0 Å². The van der Waals surface area contributed by atoms with Gasteiger partial charge < -0.3 is 30.8 Å². The summed E-state index contributed by atoms with van der Waals surface area (Å²) in [5.74, 6) is -2.66. The van der Waals surface area contributed by atoms with Gasteiger partial charge in [0.05, 0.1) is 19.6 Å². The van der Waals surface area contributed by atoms with E-state index in [9.17, 15) is 14.4 Å². The van der Waals surface area contributed by atoms with Gasteiger partial charge in [0.2, 0.25) is 0 Å². The zero-order valence-corrected chi connectivity index (χ0v) is 9.14. The molecule has 0 unspecified atom stereocenters. The fourth-order valence-electron chi connectivity index (χ4n) is 0.417. The van der Waals surface area contributed by atoms with E-state index in [1.54, 1.807) is 0 Å². The predicted molar refractivity (Wildman–Crippen MR) is 52.4 cm³/mol. The van der Waals surface area contributed by atoms with Gasteiger partial charge in [-0.1, -0.05) is 0 Å². The van der Waals surface area contributed by atoms with Crippen LogP contribution in [0.3, 0.4) is 0 Å². The van der Waals surface area contributed by atoms with Crippen molar-refractivity contribution in [1.29, 1.82) is 0 Å². The van der Waals surface area contributed by atoms with Crippen molar-refractivity contribution in [1.82, 2.24) is 0 Å². The monoisotopic (exact) mass is 253 g/mol. The maximum absolute atomic E-state index is 10.8. The molecule has 0 atom stereocenters. The molecule has 0 spiro atoms. The molecule has 0 amide bonds. The maximum Gasteiger partial charge on any atom is 0.537 e. The summed E-state index contributed by atoms with van der Waals surface area (Å²) in [4.78, 5) is 32.4. The molecular formula is C6H12N3O6P. The van der Waals surface area contributed by atoms with E-state index in [1.807, 2.05) is 0 Å². The minimum absolute atomic E-state index is 0.445. The van der Waals surface area contributed by atoms with Gasteiger partial charge in [-0.25, -0.2) is 0 Å². The summed E-state index contributed by atoms with van der Waals surface area (Å²) in [5, 5.41) is 0. The molecule has 0 bridgehead atoms. The molecule has 0 radical (unpaired) electrons. The van der Waals surface area contributed by atoms with Gasteiger partial charge in [-0.15, -0.1) is 0 Å². The summed E-state index contributed by atoms with van der Waals surface area (Å²) in [6, 6.07) is 0. The van der Waals surface area contributed by atoms with Crippen LogP contribution in [0.15, 0.2) is 0 Å². The van der Waals surface area contributed by atoms with Crippen LogP contribution in [0.25, 0.3) is 0 Å². The molecule has 0 rings (SSSR count). The second-order valence-electron chi connectivity index (χ2n) is 2.23. The van der Waals surface area contributed by atoms with Crippen LogP contribution in [-0.4, -0.2) is 37.5 Å². The molecule has 6 N–H and O–H groups in total. The molecule has 92 valence electrons. The van der Waals surface area contributed by atoms with Crippen molar-refractivity contribution in [2.75, 3.05) is 19.6 Å². The second kappa shape index (κ2) is 7.94. The standard InChI is InChI=1S/C6H12N3O6P/c7-1-4(10)13-16(14-5(11)2-8)15-6(12)3-9/h1-3,7-9H2. The number of nitrogens with two attached hydrogens (primary N) is 3. The minimum atomic E-state index is -2.48. The van der Waals surface area contributed by atoms with Gasteiger partial charge in [-0.3, -0.25) is 14.4 Å². The first-order valence-electron chi connectivity index (χ1n) is 4.06. The van der Waals surface area contributed by atoms with Crippen LogP contribution < -0.4 is 17.2 Å². The lowest BCUT2D eigenvalue weighted by atomic mass is 10.7. The number of carbonyl (C=O) groups excluding carboxylic acids is 3. The molecule has 0 aromatic carbocycles. The average Bonchev–Trinajstić information content (AvgIpc) is 2.28. The zero-order valence-electron chi connectivity index (χ0n) is 8.25. The average molecular weight is 253 g/mol. The third-order valence-electron chi connectivity index (χ3n) is 1.03. The largest absolute Gasteiger partial charge is 0.537 e. The van der Waals surface area contributed by atoms with Crippen LogP contribution in [0.2, 0.25) is 0 Å². The Morgan fingerprint density at radius 1 is 0.750 bits per heavy atom. The Bertz CT molecular complexity index is 230. The van der Waals surface area contributed by atoms with Crippen molar-refractivity contribution in [3.05, 3.63) is 0 Å². The van der Waals surface area contributed by atoms with Gasteiger partial charge in [0.15, 0.2) is 0 Å². The molecule has 0 aliphatic carbocycles. The van der Waals surface area contributed by atoms with Crippen LogP contribution in [0.5, 0.6) is 0 Å². The van der Waals surface area contributed by atoms with Crippen molar-refractivity contribution in [2.45, 2.75) is 0 Å². The molecule has 0 aliphatic rings. The summed E-state index contributed by atoms with van der Waals surface area (Å²) >= 11 is 0. The van der Waals surface area contributed by atoms with Crippen LogP contribution in [-0.2, 0) is 28.0 Å². The molecule has 10 heteroatoms. The molecule has 0 fully saturated rings. The SMILES string of the molecule is NCC(=O)OP(OC(=O)CN)OC(=O)CN. The van der Waals surface area contributed by atoms with E-state index in [1.165, 1.54) is 0 Å². The maximum atomic E-state index is 10.8. The van der Waals surface area contributed by atoms with Crippen molar-refractivity contribution >= 4 is 26.5 Å². The highest BCUT2D eigenvalue weighted by Gasteiger charge is 2.25. The van der Waals surface area contributed by atoms with Crippen LogP contribution >= 0.6 is 8.60 Å². The molecule has 0 heterocycles. The number of carbonyl (C=O) groups is 3. The summed E-state index contributed by atoms with van der Waals surface area (Å²) < 4.78 is 13.3. The van der Waals surface area contributed by atoms with Gasteiger partial charge >= 0.3 is 26.5 Å². The van der Waals surface area contributed by atoms with Crippen LogP contribution in [0, 0.1) is 0 Å². The molecule has 9 nitrogen and oxygen atoms in total. The Labute approximate surface area is 92.2 Å². The van der Waals surface area contributed by atoms with Crippen molar-refractivity contribution in [2.24, 2.45) is 17.2 Å². The molecule has 0 saturated carbocycles. The summed E-state index contributed by atoms with van der Waals surface area (Å²) in [7, 11) is -2.48. The van der Waals surface area contributed by atoms with E-state index < -0.39 is 46.1 Å². The molecule has 0 aliphatic heterocycles. The van der Waals surface area contributed by atoms with E-state index in [0.717, 1.165) is 0 Å².